The Bertz CT molecular complexity index is 822. The number of carbonyl (C=O) groups excluding carboxylic acids is 1. The van der Waals surface area contributed by atoms with E-state index in [1.165, 1.54) is 11.0 Å². The third-order valence-electron chi connectivity index (χ3n) is 3.75. The van der Waals surface area contributed by atoms with Crippen LogP contribution in [0, 0.1) is 23.0 Å². The van der Waals surface area contributed by atoms with Gasteiger partial charge in [-0.15, -0.1) is 0 Å². The zero-order valence-electron chi connectivity index (χ0n) is 14.5. The Morgan fingerprint density at radius 1 is 1.15 bits per heavy atom. The van der Waals surface area contributed by atoms with Gasteiger partial charge < -0.3 is 10.2 Å². The van der Waals surface area contributed by atoms with E-state index in [0.29, 0.717) is 6.54 Å². The zero-order valence-corrected chi connectivity index (χ0v) is 14.5. The van der Waals surface area contributed by atoms with Gasteiger partial charge in [-0.05, 0) is 31.5 Å². The molecule has 26 heavy (non-hydrogen) atoms. The summed E-state index contributed by atoms with van der Waals surface area (Å²) in [7, 11) is 0. The quantitative estimate of drug-likeness (QED) is 0.623. The van der Waals surface area contributed by atoms with Crippen LogP contribution in [0.5, 0.6) is 0 Å². The first-order valence-electron chi connectivity index (χ1n) is 8.09. The van der Waals surface area contributed by atoms with E-state index in [0.717, 1.165) is 23.9 Å². The SMILES string of the molecule is CC(C)N(Cc1ccccc1)C(=O)/C(C#N)=C\Nc1c(F)cccc1F. The molecule has 4 nitrogen and oxygen atoms in total. The van der Waals surface area contributed by atoms with E-state index >= 15 is 0 Å². The molecule has 0 radical (unpaired) electrons. The van der Waals surface area contributed by atoms with Crippen LogP contribution < -0.4 is 5.32 Å². The van der Waals surface area contributed by atoms with Crippen molar-refractivity contribution in [3.8, 4) is 6.07 Å². The summed E-state index contributed by atoms with van der Waals surface area (Å²) in [4.78, 5) is 14.2. The number of nitriles is 1. The van der Waals surface area contributed by atoms with Gasteiger partial charge in [-0.1, -0.05) is 36.4 Å². The number of anilines is 1. The number of benzene rings is 2. The van der Waals surface area contributed by atoms with Crippen LogP contribution in [0.3, 0.4) is 0 Å². The molecule has 134 valence electrons. The lowest BCUT2D eigenvalue weighted by Gasteiger charge is -2.26. The maximum atomic E-state index is 13.7. The fraction of sp³-hybridized carbons (Fsp3) is 0.200. The second kappa shape index (κ2) is 8.77. The molecule has 2 rings (SSSR count). The van der Waals surface area contributed by atoms with Crippen LogP contribution in [0.2, 0.25) is 0 Å². The lowest BCUT2D eigenvalue weighted by molar-refractivity contribution is -0.129. The third kappa shape index (κ3) is 4.67. The van der Waals surface area contributed by atoms with Crippen LogP contribution >= 0.6 is 0 Å². The third-order valence-corrected chi connectivity index (χ3v) is 3.75. The Morgan fingerprint density at radius 3 is 2.31 bits per heavy atom. The number of nitrogens with zero attached hydrogens (tertiary/aromatic N) is 2. The highest BCUT2D eigenvalue weighted by molar-refractivity contribution is 5.97. The molecule has 0 unspecified atom stereocenters. The summed E-state index contributed by atoms with van der Waals surface area (Å²) in [5.41, 5.74) is 0.268. The molecule has 1 amide bonds. The predicted molar refractivity (Wildman–Crippen MR) is 95.8 cm³/mol. The molecule has 0 fully saturated rings. The lowest BCUT2D eigenvalue weighted by Crippen LogP contribution is -2.37. The number of amides is 1. The fourth-order valence-corrected chi connectivity index (χ4v) is 2.35. The zero-order chi connectivity index (χ0) is 19.1. The molecule has 0 bridgehead atoms. The van der Waals surface area contributed by atoms with E-state index in [1.807, 2.05) is 44.2 Å². The Balaban J connectivity index is 2.23. The van der Waals surface area contributed by atoms with Crippen LogP contribution in [0.15, 0.2) is 60.3 Å². The Morgan fingerprint density at radius 2 is 1.77 bits per heavy atom. The molecule has 0 aromatic heterocycles. The molecule has 0 spiro atoms. The topological polar surface area (TPSA) is 56.1 Å². The van der Waals surface area contributed by atoms with Crippen molar-refractivity contribution in [1.82, 2.24) is 4.90 Å². The first-order valence-corrected chi connectivity index (χ1v) is 8.09. The Hall–Kier alpha value is -3.20. The van der Waals surface area contributed by atoms with Gasteiger partial charge in [0.05, 0.1) is 0 Å². The van der Waals surface area contributed by atoms with Gasteiger partial charge in [0.2, 0.25) is 0 Å². The van der Waals surface area contributed by atoms with Gasteiger partial charge in [0.1, 0.15) is 29.0 Å². The average Bonchev–Trinajstić information content (AvgIpc) is 2.62. The van der Waals surface area contributed by atoms with E-state index < -0.39 is 23.2 Å². The van der Waals surface area contributed by atoms with Gasteiger partial charge in [-0.25, -0.2) is 8.78 Å². The van der Waals surface area contributed by atoms with Gasteiger partial charge >= 0.3 is 0 Å². The molecule has 0 aliphatic rings. The van der Waals surface area contributed by atoms with Crippen molar-refractivity contribution in [2.75, 3.05) is 5.32 Å². The first-order chi connectivity index (χ1) is 12.4. The summed E-state index contributed by atoms with van der Waals surface area (Å²) >= 11 is 0. The summed E-state index contributed by atoms with van der Waals surface area (Å²) < 4.78 is 27.3. The molecule has 2 aromatic rings. The molecule has 0 heterocycles. The van der Waals surface area contributed by atoms with Crippen molar-refractivity contribution < 1.29 is 13.6 Å². The maximum Gasteiger partial charge on any atom is 0.266 e. The predicted octanol–water partition coefficient (Wildman–Crippen LogP) is 4.22. The van der Waals surface area contributed by atoms with Crippen molar-refractivity contribution in [3.63, 3.8) is 0 Å². The molecule has 0 atom stereocenters. The molecular weight excluding hydrogens is 336 g/mol. The highest BCUT2D eigenvalue weighted by Crippen LogP contribution is 2.19. The van der Waals surface area contributed by atoms with E-state index in [9.17, 15) is 18.8 Å². The molecular formula is C20H19F2N3O. The number of para-hydroxylation sites is 1. The number of carbonyl (C=O) groups is 1. The largest absolute Gasteiger partial charge is 0.355 e. The second-order valence-electron chi connectivity index (χ2n) is 5.92. The average molecular weight is 355 g/mol. The van der Waals surface area contributed by atoms with E-state index in [2.05, 4.69) is 5.32 Å². The van der Waals surface area contributed by atoms with Crippen LogP contribution in [0.1, 0.15) is 19.4 Å². The standard InChI is InChI=1S/C20H19F2N3O/c1-14(2)25(13-15-7-4-3-5-8-15)20(26)16(11-23)12-24-19-17(21)9-6-10-18(19)22/h3-10,12,14,24H,13H2,1-2H3/b16-12-. The van der Waals surface area contributed by atoms with Gasteiger partial charge in [-0.3, -0.25) is 4.79 Å². The molecule has 0 saturated heterocycles. The smallest absolute Gasteiger partial charge is 0.266 e. The molecule has 1 N–H and O–H groups in total. The van der Waals surface area contributed by atoms with Crippen molar-refractivity contribution in [3.05, 3.63) is 77.5 Å². The van der Waals surface area contributed by atoms with Gasteiger partial charge in [0, 0.05) is 18.8 Å². The van der Waals surface area contributed by atoms with E-state index in [1.54, 1.807) is 6.07 Å². The number of hydrogen-bond acceptors (Lipinski definition) is 3. The van der Waals surface area contributed by atoms with Crippen molar-refractivity contribution in [2.24, 2.45) is 0 Å². The van der Waals surface area contributed by atoms with Gasteiger partial charge in [-0.2, -0.15) is 5.26 Å². The minimum atomic E-state index is -0.809. The molecule has 0 aliphatic carbocycles. The van der Waals surface area contributed by atoms with Crippen LogP contribution in [0.25, 0.3) is 0 Å². The van der Waals surface area contributed by atoms with E-state index in [4.69, 9.17) is 0 Å². The summed E-state index contributed by atoms with van der Waals surface area (Å²) in [6, 6.07) is 14.4. The van der Waals surface area contributed by atoms with Crippen LogP contribution in [0.4, 0.5) is 14.5 Å². The molecule has 6 heteroatoms. The number of halogens is 2. The normalized spacial score (nSPS) is 11.2. The van der Waals surface area contributed by atoms with Crippen molar-refractivity contribution >= 4 is 11.6 Å². The fourth-order valence-electron chi connectivity index (χ4n) is 2.35. The van der Waals surface area contributed by atoms with Gasteiger partial charge in [0.25, 0.3) is 5.91 Å². The second-order valence-corrected chi connectivity index (χ2v) is 5.92. The highest BCUT2D eigenvalue weighted by Gasteiger charge is 2.21. The molecule has 0 saturated carbocycles. The first kappa shape index (κ1) is 19.1. The Labute approximate surface area is 151 Å². The minimum Gasteiger partial charge on any atom is -0.355 e. The summed E-state index contributed by atoms with van der Waals surface area (Å²) in [5.74, 6) is -2.14. The number of hydrogen-bond donors (Lipinski definition) is 1. The molecule has 2 aromatic carbocycles. The minimum absolute atomic E-state index is 0.162. The lowest BCUT2D eigenvalue weighted by atomic mass is 10.1. The van der Waals surface area contributed by atoms with E-state index in [-0.39, 0.29) is 11.6 Å². The highest BCUT2D eigenvalue weighted by atomic mass is 19.1. The maximum absolute atomic E-state index is 13.7. The molecule has 0 aliphatic heterocycles. The summed E-state index contributed by atoms with van der Waals surface area (Å²) in [6.45, 7) is 3.99. The number of nitrogens with one attached hydrogen (secondary N) is 1. The van der Waals surface area contributed by atoms with Crippen molar-refractivity contribution in [1.29, 1.82) is 5.26 Å². The van der Waals surface area contributed by atoms with Gasteiger partial charge in [0.15, 0.2) is 0 Å². The number of rotatable bonds is 6. The monoisotopic (exact) mass is 355 g/mol. The van der Waals surface area contributed by atoms with Crippen molar-refractivity contribution in [2.45, 2.75) is 26.4 Å². The summed E-state index contributed by atoms with van der Waals surface area (Å²) in [5, 5.41) is 11.7. The van der Waals surface area contributed by atoms with Crippen LogP contribution in [-0.2, 0) is 11.3 Å². The Kier molecular flexibility index (Phi) is 6.45. The summed E-state index contributed by atoms with van der Waals surface area (Å²) in [6.07, 6.45) is 1.03. The van der Waals surface area contributed by atoms with Crippen LogP contribution in [-0.4, -0.2) is 16.8 Å².